The summed E-state index contributed by atoms with van der Waals surface area (Å²) in [5.74, 6) is 0. The van der Waals surface area contributed by atoms with Crippen LogP contribution in [0.15, 0.2) is 0 Å². The molecule has 0 radical (unpaired) electrons. The molecule has 0 aliphatic rings. The van der Waals surface area contributed by atoms with E-state index in [2.05, 4.69) is 36.7 Å². The molecule has 68 valence electrons. The minimum absolute atomic E-state index is 0.129. The minimum atomic E-state index is -1.15. The lowest BCUT2D eigenvalue weighted by Gasteiger charge is -2.27. The first kappa shape index (κ1) is 12.3. The summed E-state index contributed by atoms with van der Waals surface area (Å²) >= 11 is 20.4. The average Bonchev–Trinajstić information content (AvgIpc) is 1.56. The van der Waals surface area contributed by atoms with Crippen LogP contribution in [0.2, 0.25) is 0 Å². The maximum Gasteiger partial charge on any atom is 0.191 e. The Morgan fingerprint density at radius 2 is 1.55 bits per heavy atom. The summed E-state index contributed by atoms with van der Waals surface area (Å²) in [5.41, 5.74) is 0.129. The molecule has 0 aromatic carbocycles. The predicted molar refractivity (Wildman–Crippen MR) is 57.1 cm³/mol. The van der Waals surface area contributed by atoms with Crippen molar-refractivity contribution in [3.05, 3.63) is 0 Å². The number of alkyl halides is 4. The molecule has 0 nitrogen and oxygen atoms in total. The van der Waals surface area contributed by atoms with E-state index >= 15 is 0 Å². The van der Waals surface area contributed by atoms with Crippen LogP contribution in [0.25, 0.3) is 0 Å². The van der Waals surface area contributed by atoms with Crippen LogP contribution in [-0.4, -0.2) is 8.62 Å². The van der Waals surface area contributed by atoms with Crippen LogP contribution in [0.4, 0.5) is 0 Å². The highest BCUT2D eigenvalue weighted by molar-refractivity contribution is 9.09. The van der Waals surface area contributed by atoms with E-state index in [0.717, 1.165) is 0 Å². The quantitative estimate of drug-likeness (QED) is 0.619. The summed E-state index contributed by atoms with van der Waals surface area (Å²) in [7, 11) is 0. The van der Waals surface area contributed by atoms with Gasteiger partial charge in [-0.1, -0.05) is 71.5 Å². The molecule has 11 heavy (non-hydrogen) atoms. The molecule has 0 amide bonds. The Hall–Kier alpha value is 1.35. The van der Waals surface area contributed by atoms with Crippen LogP contribution in [0, 0.1) is 5.41 Å². The van der Waals surface area contributed by atoms with Gasteiger partial charge in [-0.3, -0.25) is 0 Å². The Labute approximate surface area is 91.7 Å². The highest BCUT2D eigenvalue weighted by atomic mass is 79.9. The maximum absolute atomic E-state index is 5.63. The van der Waals surface area contributed by atoms with Crippen molar-refractivity contribution < 1.29 is 0 Å². The van der Waals surface area contributed by atoms with Gasteiger partial charge >= 0.3 is 0 Å². The zero-order valence-corrected chi connectivity index (χ0v) is 10.7. The number of hydrogen-bond acceptors (Lipinski definition) is 0. The zero-order chi connectivity index (χ0) is 9.28. The summed E-state index contributed by atoms with van der Waals surface area (Å²) in [6.07, 6.45) is 0.529. The third-order valence-corrected chi connectivity index (χ3v) is 3.51. The molecule has 0 N–H and O–H groups in total. The van der Waals surface area contributed by atoms with Gasteiger partial charge in [0.2, 0.25) is 0 Å². The third kappa shape index (κ3) is 6.51. The van der Waals surface area contributed by atoms with Gasteiger partial charge in [-0.25, -0.2) is 0 Å². The van der Waals surface area contributed by atoms with Crippen LogP contribution in [0.1, 0.15) is 27.2 Å². The van der Waals surface area contributed by atoms with Crippen molar-refractivity contribution in [1.29, 1.82) is 0 Å². The van der Waals surface area contributed by atoms with Crippen LogP contribution in [0.3, 0.4) is 0 Å². The lowest BCUT2D eigenvalue weighted by molar-refractivity contribution is 0.387. The molecule has 4 heteroatoms. The van der Waals surface area contributed by atoms with Crippen LogP contribution < -0.4 is 0 Å². The fourth-order valence-corrected chi connectivity index (χ4v) is 2.02. The summed E-state index contributed by atoms with van der Waals surface area (Å²) in [4.78, 5) is 0.225. The highest BCUT2D eigenvalue weighted by Gasteiger charge is 2.30. The topological polar surface area (TPSA) is 0 Å². The van der Waals surface area contributed by atoms with Gasteiger partial charge in [-0.05, 0) is 5.41 Å². The van der Waals surface area contributed by atoms with Gasteiger partial charge in [-0.2, -0.15) is 0 Å². The van der Waals surface area contributed by atoms with Gasteiger partial charge in [0.1, 0.15) is 0 Å². The molecule has 0 saturated carbocycles. The van der Waals surface area contributed by atoms with Crippen molar-refractivity contribution in [3.8, 4) is 0 Å². The van der Waals surface area contributed by atoms with Crippen molar-refractivity contribution in [2.45, 2.75) is 35.8 Å². The lowest BCUT2D eigenvalue weighted by atomic mass is 9.91. The van der Waals surface area contributed by atoms with E-state index in [4.69, 9.17) is 34.8 Å². The van der Waals surface area contributed by atoms with Crippen LogP contribution >= 0.6 is 50.7 Å². The monoisotopic (exact) mass is 280 g/mol. The molecular weight excluding hydrogens is 270 g/mol. The summed E-state index contributed by atoms with van der Waals surface area (Å²) in [6, 6.07) is 0. The van der Waals surface area contributed by atoms with E-state index in [1.165, 1.54) is 0 Å². The standard InChI is InChI=1S/C7H12BrCl3/c1-6(2,3)5(8)4-7(9,10)11/h5H,4H2,1-3H3. The normalized spacial score (nSPS) is 16.6. The molecule has 0 aliphatic carbocycles. The van der Waals surface area contributed by atoms with E-state index in [9.17, 15) is 0 Å². The highest BCUT2D eigenvalue weighted by Crippen LogP contribution is 2.39. The molecule has 0 aromatic heterocycles. The van der Waals surface area contributed by atoms with Crippen molar-refractivity contribution in [2.75, 3.05) is 0 Å². The number of hydrogen-bond donors (Lipinski definition) is 0. The molecule has 0 fully saturated rings. The molecule has 0 heterocycles. The molecule has 0 saturated heterocycles. The fourth-order valence-electron chi connectivity index (χ4n) is 0.509. The first-order valence-corrected chi connectivity index (χ1v) is 5.39. The van der Waals surface area contributed by atoms with E-state index in [-0.39, 0.29) is 10.2 Å². The molecule has 0 rings (SSSR count). The minimum Gasteiger partial charge on any atom is -0.0883 e. The second-order valence-corrected chi connectivity index (χ2v) is 7.27. The second-order valence-electron chi connectivity index (χ2n) is 3.65. The van der Waals surface area contributed by atoms with Gasteiger partial charge in [0.05, 0.1) is 0 Å². The van der Waals surface area contributed by atoms with Gasteiger partial charge in [-0.15, -0.1) is 0 Å². The van der Waals surface area contributed by atoms with E-state index in [1.807, 2.05) is 0 Å². The Bertz CT molecular complexity index is 123. The molecule has 1 atom stereocenters. The zero-order valence-electron chi connectivity index (χ0n) is 6.80. The van der Waals surface area contributed by atoms with Crippen molar-refractivity contribution >= 4 is 50.7 Å². The first-order chi connectivity index (χ1) is 4.63. The summed E-state index contributed by atoms with van der Waals surface area (Å²) in [5, 5.41) is 0. The lowest BCUT2D eigenvalue weighted by Crippen LogP contribution is -2.25. The molecule has 0 bridgehead atoms. The Balaban J connectivity index is 3.99. The van der Waals surface area contributed by atoms with Crippen LogP contribution in [-0.2, 0) is 0 Å². The molecule has 0 aliphatic heterocycles. The van der Waals surface area contributed by atoms with Crippen molar-refractivity contribution in [1.82, 2.24) is 0 Å². The molecule has 0 aromatic rings. The fraction of sp³-hybridized carbons (Fsp3) is 1.00. The predicted octanol–water partition coefficient (Wildman–Crippen LogP) is 4.56. The molecule has 1 unspecified atom stereocenters. The first-order valence-electron chi connectivity index (χ1n) is 3.34. The van der Waals surface area contributed by atoms with Gasteiger partial charge in [0.15, 0.2) is 3.79 Å². The Kier molecular flexibility index (Phi) is 4.53. The van der Waals surface area contributed by atoms with E-state index in [1.54, 1.807) is 0 Å². The third-order valence-electron chi connectivity index (χ3n) is 1.35. The van der Waals surface area contributed by atoms with E-state index in [0.29, 0.717) is 6.42 Å². The largest absolute Gasteiger partial charge is 0.191 e. The summed E-state index contributed by atoms with van der Waals surface area (Å²) in [6.45, 7) is 6.30. The van der Waals surface area contributed by atoms with Gasteiger partial charge in [0, 0.05) is 11.2 Å². The second kappa shape index (κ2) is 4.04. The van der Waals surface area contributed by atoms with Gasteiger partial charge in [0.25, 0.3) is 0 Å². The average molecular weight is 282 g/mol. The molecular formula is C7H12BrCl3. The Morgan fingerprint density at radius 1 is 1.18 bits per heavy atom. The number of halogens is 4. The van der Waals surface area contributed by atoms with Gasteiger partial charge < -0.3 is 0 Å². The molecule has 0 spiro atoms. The smallest absolute Gasteiger partial charge is 0.0883 e. The van der Waals surface area contributed by atoms with Crippen molar-refractivity contribution in [2.24, 2.45) is 5.41 Å². The SMILES string of the molecule is CC(C)(C)C(Br)CC(Cl)(Cl)Cl. The van der Waals surface area contributed by atoms with Crippen molar-refractivity contribution in [3.63, 3.8) is 0 Å². The summed E-state index contributed by atoms with van der Waals surface area (Å²) < 4.78 is -1.15. The van der Waals surface area contributed by atoms with Crippen LogP contribution in [0.5, 0.6) is 0 Å². The number of rotatable bonds is 1. The maximum atomic E-state index is 5.63. The Morgan fingerprint density at radius 3 is 1.64 bits per heavy atom. The van der Waals surface area contributed by atoms with E-state index < -0.39 is 3.79 Å².